The highest BCUT2D eigenvalue weighted by Gasteiger charge is 2.29. The van der Waals surface area contributed by atoms with Crippen molar-refractivity contribution in [2.24, 2.45) is 0 Å². The quantitative estimate of drug-likeness (QED) is 0.372. The zero-order chi connectivity index (χ0) is 24.6. The fourth-order valence-electron chi connectivity index (χ4n) is 4.81. The number of aromatic amines is 1. The SMILES string of the molecule is C=CC(=O)Nc1ccc(C(=O)N2CC[C@H](c3cc4c(-c5cnn6ncccc56)ccnc4[nH]3)C2)cc1. The third-order valence-electron chi connectivity index (χ3n) is 6.65. The summed E-state index contributed by atoms with van der Waals surface area (Å²) in [6.07, 6.45) is 7.41. The molecular formula is C27H23N7O2. The van der Waals surface area contributed by atoms with E-state index in [4.69, 9.17) is 0 Å². The largest absolute Gasteiger partial charge is 0.343 e. The predicted molar refractivity (Wildman–Crippen MR) is 137 cm³/mol. The van der Waals surface area contributed by atoms with Crippen LogP contribution >= 0.6 is 0 Å². The number of carbonyl (C=O) groups excluding carboxylic acids is 2. The molecule has 0 spiro atoms. The standard InChI is InChI=1S/C27H23N7O2/c1-2-25(35)31-19-7-5-17(6-8-19)27(36)33-13-10-18(16-33)23-14-21-20(9-12-28-26(21)32-23)22-15-30-34-24(22)4-3-11-29-34/h2-9,11-12,14-15,18H,1,10,13,16H2,(H,28,32)(H,31,35)/t18-/m0/s1. The van der Waals surface area contributed by atoms with Gasteiger partial charge in [0.05, 0.1) is 11.7 Å². The molecule has 1 aliphatic heterocycles. The summed E-state index contributed by atoms with van der Waals surface area (Å²) < 4.78 is 1.62. The Morgan fingerprint density at radius 1 is 1.08 bits per heavy atom. The highest BCUT2D eigenvalue weighted by molar-refractivity contribution is 6.00. The molecule has 0 radical (unpaired) electrons. The van der Waals surface area contributed by atoms with Crippen LogP contribution in [0.25, 0.3) is 27.7 Å². The Balaban J connectivity index is 1.22. The van der Waals surface area contributed by atoms with Crippen molar-refractivity contribution in [2.75, 3.05) is 18.4 Å². The number of benzene rings is 1. The van der Waals surface area contributed by atoms with Gasteiger partial charge < -0.3 is 15.2 Å². The molecule has 2 amide bonds. The monoisotopic (exact) mass is 477 g/mol. The Hall–Kier alpha value is -4.79. The van der Waals surface area contributed by atoms with Crippen LogP contribution in [0.4, 0.5) is 5.69 Å². The number of nitrogens with zero attached hydrogens (tertiary/aromatic N) is 5. The van der Waals surface area contributed by atoms with Crippen molar-refractivity contribution in [3.05, 3.63) is 91.0 Å². The Labute approximate surface area is 206 Å². The van der Waals surface area contributed by atoms with Crippen molar-refractivity contribution >= 4 is 34.1 Å². The van der Waals surface area contributed by atoms with E-state index < -0.39 is 0 Å². The molecule has 2 N–H and O–H groups in total. The van der Waals surface area contributed by atoms with E-state index in [9.17, 15) is 9.59 Å². The summed E-state index contributed by atoms with van der Waals surface area (Å²) in [5.41, 5.74) is 6.07. The number of H-pyrrole nitrogens is 1. The van der Waals surface area contributed by atoms with Gasteiger partial charge in [-0.2, -0.15) is 14.8 Å². The molecule has 9 nitrogen and oxygen atoms in total. The lowest BCUT2D eigenvalue weighted by Crippen LogP contribution is -2.28. The first-order valence-corrected chi connectivity index (χ1v) is 11.7. The van der Waals surface area contributed by atoms with Gasteiger partial charge in [0.1, 0.15) is 5.65 Å². The van der Waals surface area contributed by atoms with Crippen LogP contribution in [0.3, 0.4) is 0 Å². The molecule has 0 saturated carbocycles. The number of rotatable bonds is 5. The summed E-state index contributed by atoms with van der Waals surface area (Å²) in [4.78, 5) is 34.5. The topological polar surface area (TPSA) is 108 Å². The van der Waals surface area contributed by atoms with Gasteiger partial charge in [-0.3, -0.25) is 9.59 Å². The van der Waals surface area contributed by atoms with Crippen LogP contribution in [-0.4, -0.2) is 54.6 Å². The fourth-order valence-corrected chi connectivity index (χ4v) is 4.81. The molecule has 1 aromatic carbocycles. The highest BCUT2D eigenvalue weighted by atomic mass is 16.2. The molecule has 178 valence electrons. The molecule has 1 atom stereocenters. The molecule has 6 rings (SSSR count). The number of fused-ring (bicyclic) bond motifs is 2. The molecule has 0 aliphatic carbocycles. The molecule has 0 unspecified atom stereocenters. The van der Waals surface area contributed by atoms with E-state index in [-0.39, 0.29) is 17.7 Å². The lowest BCUT2D eigenvalue weighted by atomic mass is 10.0. The second-order valence-electron chi connectivity index (χ2n) is 8.81. The number of pyridine rings is 1. The summed E-state index contributed by atoms with van der Waals surface area (Å²) in [6, 6.07) is 15.0. The van der Waals surface area contributed by atoms with Crippen LogP contribution in [0.15, 0.2) is 79.8 Å². The van der Waals surface area contributed by atoms with Gasteiger partial charge in [0.2, 0.25) is 5.91 Å². The van der Waals surface area contributed by atoms with Crippen LogP contribution < -0.4 is 5.32 Å². The van der Waals surface area contributed by atoms with Gasteiger partial charge in [-0.1, -0.05) is 6.58 Å². The van der Waals surface area contributed by atoms with Crippen molar-refractivity contribution in [3.63, 3.8) is 0 Å². The van der Waals surface area contributed by atoms with E-state index in [1.54, 1.807) is 41.3 Å². The van der Waals surface area contributed by atoms with E-state index in [1.807, 2.05) is 29.3 Å². The van der Waals surface area contributed by atoms with Crippen LogP contribution in [0.5, 0.6) is 0 Å². The summed E-state index contributed by atoms with van der Waals surface area (Å²) >= 11 is 0. The maximum Gasteiger partial charge on any atom is 0.253 e. The highest BCUT2D eigenvalue weighted by Crippen LogP contribution is 2.35. The average Bonchev–Trinajstić information content (AvgIpc) is 3.66. The molecule has 0 bridgehead atoms. The summed E-state index contributed by atoms with van der Waals surface area (Å²) in [6.45, 7) is 4.74. The Morgan fingerprint density at radius 3 is 2.78 bits per heavy atom. The molecule has 36 heavy (non-hydrogen) atoms. The number of carbonyl (C=O) groups is 2. The maximum absolute atomic E-state index is 13.1. The van der Waals surface area contributed by atoms with Crippen molar-refractivity contribution < 1.29 is 9.59 Å². The molecule has 5 aromatic rings. The lowest BCUT2D eigenvalue weighted by molar-refractivity contribution is -0.111. The van der Waals surface area contributed by atoms with Gasteiger partial charge in [0.25, 0.3) is 5.91 Å². The zero-order valence-corrected chi connectivity index (χ0v) is 19.4. The number of anilines is 1. The minimum Gasteiger partial charge on any atom is -0.343 e. The molecule has 1 fully saturated rings. The third-order valence-corrected chi connectivity index (χ3v) is 6.65. The Morgan fingerprint density at radius 2 is 1.94 bits per heavy atom. The minimum absolute atomic E-state index is 0.0205. The second-order valence-corrected chi connectivity index (χ2v) is 8.81. The number of hydrogen-bond donors (Lipinski definition) is 2. The first kappa shape index (κ1) is 21.7. The van der Waals surface area contributed by atoms with E-state index in [1.165, 1.54) is 6.08 Å². The van der Waals surface area contributed by atoms with Crippen LogP contribution in [0, 0.1) is 0 Å². The number of nitrogens with one attached hydrogen (secondary N) is 2. The first-order chi connectivity index (χ1) is 17.6. The fraction of sp³-hybridized carbons (Fsp3) is 0.148. The summed E-state index contributed by atoms with van der Waals surface area (Å²) in [5.74, 6) is -0.119. The normalized spacial score (nSPS) is 15.4. The van der Waals surface area contributed by atoms with Crippen LogP contribution in [0.2, 0.25) is 0 Å². The zero-order valence-electron chi connectivity index (χ0n) is 19.4. The van der Waals surface area contributed by atoms with Crippen molar-refractivity contribution in [1.29, 1.82) is 0 Å². The smallest absolute Gasteiger partial charge is 0.253 e. The minimum atomic E-state index is -0.286. The van der Waals surface area contributed by atoms with Crippen LogP contribution in [0.1, 0.15) is 28.4 Å². The molecular weight excluding hydrogens is 454 g/mol. The maximum atomic E-state index is 13.1. The summed E-state index contributed by atoms with van der Waals surface area (Å²) in [7, 11) is 0. The molecule has 4 aromatic heterocycles. The van der Waals surface area contributed by atoms with Gasteiger partial charge in [-0.05, 0) is 66.6 Å². The Bertz CT molecular complexity index is 1620. The number of aromatic nitrogens is 5. The van der Waals surface area contributed by atoms with Crippen LogP contribution in [-0.2, 0) is 4.79 Å². The van der Waals surface area contributed by atoms with Gasteiger partial charge in [-0.15, -0.1) is 0 Å². The van der Waals surface area contributed by atoms with E-state index >= 15 is 0 Å². The molecule has 1 aliphatic rings. The van der Waals surface area contributed by atoms with E-state index in [2.05, 4.69) is 38.1 Å². The predicted octanol–water partition coefficient (Wildman–Crippen LogP) is 4.03. The van der Waals surface area contributed by atoms with Crippen molar-refractivity contribution in [2.45, 2.75) is 12.3 Å². The van der Waals surface area contributed by atoms with Gasteiger partial charge in [-0.25, -0.2) is 4.98 Å². The molecule has 1 saturated heterocycles. The van der Waals surface area contributed by atoms with Crippen molar-refractivity contribution in [1.82, 2.24) is 29.7 Å². The average molecular weight is 478 g/mol. The number of likely N-dealkylation sites (tertiary alicyclic amines) is 1. The lowest BCUT2D eigenvalue weighted by Gasteiger charge is -2.16. The van der Waals surface area contributed by atoms with E-state index in [0.717, 1.165) is 39.8 Å². The van der Waals surface area contributed by atoms with Gasteiger partial charge >= 0.3 is 0 Å². The van der Waals surface area contributed by atoms with Crippen molar-refractivity contribution in [3.8, 4) is 11.1 Å². The Kier molecular flexibility index (Phi) is 5.29. The first-order valence-electron chi connectivity index (χ1n) is 11.7. The second kappa shape index (κ2) is 8.77. The molecule has 9 heteroatoms. The van der Waals surface area contributed by atoms with E-state index in [0.29, 0.717) is 24.3 Å². The third kappa shape index (κ3) is 3.80. The number of hydrogen-bond acceptors (Lipinski definition) is 5. The molecule has 5 heterocycles. The summed E-state index contributed by atoms with van der Waals surface area (Å²) in [5, 5.41) is 12.4. The number of amides is 2. The van der Waals surface area contributed by atoms with Gasteiger partial charge in [0.15, 0.2) is 0 Å². The van der Waals surface area contributed by atoms with Gasteiger partial charge in [0, 0.05) is 59.3 Å².